The summed E-state index contributed by atoms with van der Waals surface area (Å²) in [4.78, 5) is 13.1. The first-order valence-corrected chi connectivity index (χ1v) is 7.02. The molecule has 0 radical (unpaired) electrons. The molecule has 0 aliphatic heterocycles. The van der Waals surface area contributed by atoms with Crippen molar-refractivity contribution in [1.29, 1.82) is 0 Å². The number of ether oxygens (including phenoxy) is 1. The molecule has 0 fully saturated rings. The highest BCUT2D eigenvalue weighted by Gasteiger charge is 2.29. The maximum absolute atomic E-state index is 11.7. The molecule has 0 aromatic heterocycles. The first-order valence-electron chi connectivity index (χ1n) is 7.02. The van der Waals surface area contributed by atoms with E-state index in [1.807, 2.05) is 31.2 Å². The summed E-state index contributed by atoms with van der Waals surface area (Å²) in [6.07, 6.45) is 5.64. The summed E-state index contributed by atoms with van der Waals surface area (Å²) >= 11 is 0. The Morgan fingerprint density at radius 1 is 1.38 bits per heavy atom. The van der Waals surface area contributed by atoms with Gasteiger partial charge in [0, 0.05) is 20.0 Å². The quantitative estimate of drug-likeness (QED) is 0.836. The fourth-order valence-corrected chi connectivity index (χ4v) is 2.63. The fraction of sp³-hybridized carbons (Fsp3) is 0.278. The molecule has 1 aliphatic carbocycles. The van der Waals surface area contributed by atoms with Crippen molar-refractivity contribution in [3.63, 3.8) is 0 Å². The molecule has 0 N–H and O–H groups in total. The number of nitrogens with zero attached hydrogens (tertiary/aromatic N) is 1. The Labute approximate surface area is 126 Å². The molecule has 1 atom stereocenters. The molecule has 0 saturated heterocycles. The zero-order chi connectivity index (χ0) is 15.4. The van der Waals surface area contributed by atoms with Crippen LogP contribution >= 0.6 is 0 Å². The van der Waals surface area contributed by atoms with Crippen molar-refractivity contribution in [2.75, 3.05) is 20.7 Å². The van der Waals surface area contributed by atoms with E-state index in [4.69, 9.17) is 4.74 Å². The van der Waals surface area contributed by atoms with Crippen molar-refractivity contribution in [2.24, 2.45) is 0 Å². The number of benzene rings is 1. The Morgan fingerprint density at radius 3 is 2.71 bits per heavy atom. The topological polar surface area (TPSA) is 29.5 Å². The molecule has 1 aromatic carbocycles. The zero-order valence-electron chi connectivity index (χ0n) is 12.8. The van der Waals surface area contributed by atoms with Crippen LogP contribution in [-0.4, -0.2) is 31.7 Å². The van der Waals surface area contributed by atoms with Crippen molar-refractivity contribution < 1.29 is 9.53 Å². The number of carbonyl (C=O) groups excluding carboxylic acids is 1. The van der Waals surface area contributed by atoms with E-state index >= 15 is 0 Å². The van der Waals surface area contributed by atoms with E-state index in [2.05, 4.69) is 24.8 Å². The van der Waals surface area contributed by atoms with Gasteiger partial charge in [-0.05, 0) is 29.2 Å². The van der Waals surface area contributed by atoms with Crippen LogP contribution < -0.4 is 0 Å². The second kappa shape index (κ2) is 6.44. The summed E-state index contributed by atoms with van der Waals surface area (Å²) < 4.78 is 5.40. The van der Waals surface area contributed by atoms with E-state index in [1.165, 1.54) is 16.0 Å². The maximum atomic E-state index is 11.7. The lowest BCUT2D eigenvalue weighted by molar-refractivity contribution is 0.115. The molecular formula is C18H21NO2. The predicted octanol–water partition coefficient (Wildman–Crippen LogP) is 4.00. The van der Waals surface area contributed by atoms with Gasteiger partial charge in [0.2, 0.25) is 0 Å². The van der Waals surface area contributed by atoms with Crippen LogP contribution in [0.4, 0.5) is 4.79 Å². The highest BCUT2D eigenvalue weighted by atomic mass is 16.6. The molecule has 0 heterocycles. The van der Waals surface area contributed by atoms with Gasteiger partial charge in [0.25, 0.3) is 0 Å². The molecule has 0 spiro atoms. The number of allylic oxidation sites excluding steroid dienone is 4. The Hall–Kier alpha value is -2.29. The smallest absolute Gasteiger partial charge is 0.409 e. The minimum absolute atomic E-state index is 0.0642. The third-order valence-corrected chi connectivity index (χ3v) is 3.60. The van der Waals surface area contributed by atoms with Crippen LogP contribution in [0.25, 0.3) is 5.57 Å². The van der Waals surface area contributed by atoms with E-state index in [0.717, 1.165) is 11.1 Å². The molecule has 3 nitrogen and oxygen atoms in total. The summed E-state index contributed by atoms with van der Waals surface area (Å²) in [5.74, 6) is 0.0642. The normalized spacial score (nSPS) is 17.0. The van der Waals surface area contributed by atoms with E-state index in [0.29, 0.717) is 6.61 Å². The zero-order valence-corrected chi connectivity index (χ0v) is 12.8. The number of carbonyl (C=O) groups is 1. The molecule has 0 bridgehead atoms. The minimum atomic E-state index is -0.320. The van der Waals surface area contributed by atoms with Crippen LogP contribution in [0, 0.1) is 0 Å². The summed E-state index contributed by atoms with van der Waals surface area (Å²) in [7, 11) is 3.37. The molecule has 1 aromatic rings. The van der Waals surface area contributed by atoms with E-state index in [-0.39, 0.29) is 12.0 Å². The first kappa shape index (κ1) is 15.1. The number of fused-ring (bicyclic) bond motifs is 1. The van der Waals surface area contributed by atoms with E-state index in [9.17, 15) is 4.79 Å². The van der Waals surface area contributed by atoms with Crippen molar-refractivity contribution >= 4 is 11.7 Å². The number of hydrogen-bond acceptors (Lipinski definition) is 2. The van der Waals surface area contributed by atoms with Gasteiger partial charge in [-0.1, -0.05) is 49.1 Å². The maximum Gasteiger partial charge on any atom is 0.409 e. The van der Waals surface area contributed by atoms with Crippen LogP contribution in [0.5, 0.6) is 0 Å². The van der Waals surface area contributed by atoms with Crippen molar-refractivity contribution in [2.45, 2.75) is 12.8 Å². The predicted molar refractivity (Wildman–Crippen MR) is 86.1 cm³/mol. The molecule has 2 rings (SSSR count). The summed E-state index contributed by atoms with van der Waals surface area (Å²) in [5.41, 5.74) is 4.63. The molecule has 1 amide bonds. The standard InChI is InChI=1S/C18H21NO2/c1-5-9-14-13(6-2)15-10-7-8-11-16(15)17(14)12-21-18(20)19(3)4/h5-11,17H,2,12H2,1,3-4H3/b9-5-. The van der Waals surface area contributed by atoms with Gasteiger partial charge in [-0.3, -0.25) is 0 Å². The van der Waals surface area contributed by atoms with Gasteiger partial charge in [0.05, 0.1) is 0 Å². The van der Waals surface area contributed by atoms with Crippen molar-refractivity contribution in [3.05, 3.63) is 65.8 Å². The summed E-state index contributed by atoms with van der Waals surface area (Å²) in [6.45, 7) is 6.25. The van der Waals surface area contributed by atoms with Gasteiger partial charge < -0.3 is 9.64 Å². The molecule has 21 heavy (non-hydrogen) atoms. The van der Waals surface area contributed by atoms with Crippen LogP contribution in [0.2, 0.25) is 0 Å². The Balaban J connectivity index is 2.35. The highest BCUT2D eigenvalue weighted by Crippen LogP contribution is 2.43. The number of rotatable bonds is 4. The lowest BCUT2D eigenvalue weighted by Crippen LogP contribution is -2.24. The highest BCUT2D eigenvalue weighted by molar-refractivity contribution is 5.86. The van der Waals surface area contributed by atoms with E-state index in [1.54, 1.807) is 14.1 Å². The Bertz CT molecular complexity index is 611. The van der Waals surface area contributed by atoms with Crippen molar-refractivity contribution in [1.82, 2.24) is 4.90 Å². The molecule has 0 saturated carbocycles. The van der Waals surface area contributed by atoms with Crippen molar-refractivity contribution in [3.8, 4) is 0 Å². The lowest BCUT2D eigenvalue weighted by atomic mass is 9.96. The Kier molecular flexibility index (Phi) is 4.63. The number of amides is 1. The molecular weight excluding hydrogens is 262 g/mol. The first-order chi connectivity index (χ1) is 10.1. The average molecular weight is 283 g/mol. The van der Waals surface area contributed by atoms with E-state index < -0.39 is 0 Å². The van der Waals surface area contributed by atoms with Gasteiger partial charge in [-0.25, -0.2) is 4.79 Å². The Morgan fingerprint density at radius 2 is 2.10 bits per heavy atom. The summed E-state index contributed by atoms with van der Waals surface area (Å²) in [5, 5.41) is 0. The third kappa shape index (κ3) is 2.92. The minimum Gasteiger partial charge on any atom is -0.448 e. The van der Waals surface area contributed by atoms with Crippen LogP contribution in [0.15, 0.2) is 54.6 Å². The average Bonchev–Trinajstić information content (AvgIpc) is 2.78. The second-order valence-corrected chi connectivity index (χ2v) is 5.18. The van der Waals surface area contributed by atoms with Gasteiger partial charge in [-0.2, -0.15) is 0 Å². The van der Waals surface area contributed by atoms with Gasteiger partial charge in [0.1, 0.15) is 6.61 Å². The van der Waals surface area contributed by atoms with Crippen LogP contribution in [-0.2, 0) is 4.74 Å². The van der Waals surface area contributed by atoms with Gasteiger partial charge in [0.15, 0.2) is 0 Å². The second-order valence-electron chi connectivity index (χ2n) is 5.18. The van der Waals surface area contributed by atoms with Gasteiger partial charge in [-0.15, -0.1) is 0 Å². The summed E-state index contributed by atoms with van der Waals surface area (Å²) in [6, 6.07) is 8.20. The molecule has 1 unspecified atom stereocenters. The molecule has 110 valence electrons. The van der Waals surface area contributed by atoms with Crippen LogP contribution in [0.3, 0.4) is 0 Å². The SMILES string of the molecule is C=CC1=C(/C=C\C)C(COC(=O)N(C)C)c2ccccc21. The number of hydrogen-bond donors (Lipinski definition) is 0. The monoisotopic (exact) mass is 283 g/mol. The third-order valence-electron chi connectivity index (χ3n) is 3.60. The lowest BCUT2D eigenvalue weighted by Gasteiger charge is -2.17. The fourth-order valence-electron chi connectivity index (χ4n) is 2.63. The largest absolute Gasteiger partial charge is 0.448 e. The molecule has 3 heteroatoms. The molecule has 1 aliphatic rings. The van der Waals surface area contributed by atoms with Gasteiger partial charge >= 0.3 is 6.09 Å². The van der Waals surface area contributed by atoms with Crippen LogP contribution in [0.1, 0.15) is 24.0 Å².